The van der Waals surface area contributed by atoms with Gasteiger partial charge in [0.2, 0.25) is 5.91 Å². The van der Waals surface area contributed by atoms with E-state index in [9.17, 15) is 15.3 Å². The molecule has 0 saturated carbocycles. The van der Waals surface area contributed by atoms with Crippen LogP contribution in [0.1, 0.15) is 27.0 Å². The number of hydrogen-bond acceptors (Lipinski definition) is 11. The second-order valence-corrected chi connectivity index (χ2v) is 7.24. The van der Waals surface area contributed by atoms with Crippen molar-refractivity contribution >= 4 is 34.7 Å². The van der Waals surface area contributed by atoms with Crippen molar-refractivity contribution in [3.05, 3.63) is 71.2 Å². The van der Waals surface area contributed by atoms with E-state index in [1.165, 1.54) is 23.3 Å². The fourth-order valence-corrected chi connectivity index (χ4v) is 3.23. The normalized spacial score (nSPS) is 10.6. The van der Waals surface area contributed by atoms with Gasteiger partial charge in [-0.15, -0.1) is 10.2 Å². The van der Waals surface area contributed by atoms with Crippen molar-refractivity contribution in [2.75, 3.05) is 17.7 Å². The number of pyridine rings is 1. The average Bonchev–Trinajstić information content (AvgIpc) is 3.31. The molecule has 0 spiro atoms. The third-order valence-electron chi connectivity index (χ3n) is 5.05. The lowest BCUT2D eigenvalue weighted by molar-refractivity contribution is 0.100. The molecule has 1 aromatic carbocycles. The van der Waals surface area contributed by atoms with Gasteiger partial charge in [0.15, 0.2) is 17.5 Å². The van der Waals surface area contributed by atoms with Crippen LogP contribution in [0.25, 0.3) is 5.95 Å². The minimum absolute atomic E-state index is 0.125. The largest absolute Gasteiger partial charge is 0.371 e. The van der Waals surface area contributed by atoms with E-state index in [4.69, 9.17) is 5.73 Å². The molecule has 13 heteroatoms. The first-order valence-corrected chi connectivity index (χ1v) is 10.4. The monoisotopic (exact) mass is 478 g/mol. The summed E-state index contributed by atoms with van der Waals surface area (Å²) >= 11 is 0. The van der Waals surface area contributed by atoms with Crippen molar-refractivity contribution in [1.82, 2.24) is 24.7 Å². The third-order valence-corrected chi connectivity index (χ3v) is 5.05. The molecule has 0 bridgehead atoms. The van der Waals surface area contributed by atoms with Gasteiger partial charge in [-0.3, -0.25) is 4.79 Å². The summed E-state index contributed by atoms with van der Waals surface area (Å²) < 4.78 is 1.29. The van der Waals surface area contributed by atoms with Crippen LogP contribution < -0.4 is 16.4 Å². The molecular formula is C23H18N12O. The number of anilines is 3. The number of primary amides is 1. The number of nitriles is 2. The number of nitrogens with zero attached hydrogens (tertiary/aromatic N) is 9. The molecule has 13 nitrogen and oxygen atoms in total. The van der Waals surface area contributed by atoms with Gasteiger partial charge in [0, 0.05) is 36.3 Å². The van der Waals surface area contributed by atoms with E-state index >= 15 is 0 Å². The highest BCUT2D eigenvalue weighted by Gasteiger charge is 2.19. The zero-order valence-corrected chi connectivity index (χ0v) is 19.1. The molecule has 3 heterocycles. The van der Waals surface area contributed by atoms with Gasteiger partial charge >= 0.3 is 0 Å². The van der Waals surface area contributed by atoms with E-state index in [1.54, 1.807) is 44.3 Å². The number of carbonyl (C=O) groups is 1. The quantitative estimate of drug-likeness (QED) is 0.333. The number of carbonyl (C=O) groups excluding carboxylic acids is 1. The first kappa shape index (κ1) is 23.5. The van der Waals surface area contributed by atoms with Crippen LogP contribution in [-0.2, 0) is 0 Å². The smallest absolute Gasteiger partial charge is 0.252 e. The van der Waals surface area contributed by atoms with Gasteiger partial charge in [0.05, 0.1) is 11.8 Å². The van der Waals surface area contributed by atoms with Gasteiger partial charge in [-0.2, -0.15) is 20.3 Å². The Hall–Kier alpha value is -5.69. The highest BCUT2D eigenvalue weighted by atomic mass is 16.1. The molecule has 0 atom stereocenters. The van der Waals surface area contributed by atoms with E-state index in [-0.39, 0.29) is 28.7 Å². The number of benzene rings is 1. The predicted octanol–water partition coefficient (Wildman–Crippen LogP) is 3.41. The first-order valence-electron chi connectivity index (χ1n) is 10.4. The molecule has 1 amide bonds. The Morgan fingerprint density at radius 1 is 1.08 bits per heavy atom. The van der Waals surface area contributed by atoms with Gasteiger partial charge in [0.1, 0.15) is 23.4 Å². The Morgan fingerprint density at radius 2 is 1.81 bits per heavy atom. The first-order chi connectivity index (χ1) is 17.5. The molecule has 3 aromatic heterocycles. The molecule has 0 fully saturated rings. The number of azo groups is 1. The summed E-state index contributed by atoms with van der Waals surface area (Å²) in [7, 11) is 1.65. The van der Waals surface area contributed by atoms with Crippen molar-refractivity contribution in [2.24, 2.45) is 16.0 Å². The molecule has 0 aliphatic carbocycles. The van der Waals surface area contributed by atoms with Crippen molar-refractivity contribution in [3.8, 4) is 18.1 Å². The maximum absolute atomic E-state index is 11.3. The Balaban J connectivity index is 1.75. The van der Waals surface area contributed by atoms with E-state index in [0.29, 0.717) is 28.3 Å². The average molecular weight is 478 g/mol. The van der Waals surface area contributed by atoms with Crippen molar-refractivity contribution < 1.29 is 4.79 Å². The minimum Gasteiger partial charge on any atom is -0.371 e. The van der Waals surface area contributed by atoms with Crippen LogP contribution in [0.3, 0.4) is 0 Å². The second kappa shape index (κ2) is 10.1. The Morgan fingerprint density at radius 3 is 2.42 bits per heavy atom. The number of aromatic nitrogens is 5. The molecule has 0 saturated heterocycles. The van der Waals surface area contributed by atoms with Crippen LogP contribution in [0.4, 0.5) is 28.8 Å². The van der Waals surface area contributed by atoms with Crippen molar-refractivity contribution in [3.63, 3.8) is 0 Å². The summed E-state index contributed by atoms with van der Waals surface area (Å²) in [5.41, 5.74) is 7.45. The lowest BCUT2D eigenvalue weighted by atomic mass is 10.1. The number of nitrogens with one attached hydrogen (secondary N) is 2. The second-order valence-electron chi connectivity index (χ2n) is 7.24. The van der Waals surface area contributed by atoms with Crippen molar-refractivity contribution in [1.29, 1.82) is 10.5 Å². The molecule has 0 unspecified atom stereocenters. The van der Waals surface area contributed by atoms with Gasteiger partial charge in [-0.1, -0.05) is 0 Å². The minimum atomic E-state index is -0.542. The van der Waals surface area contributed by atoms with E-state index < -0.39 is 5.91 Å². The summed E-state index contributed by atoms with van der Waals surface area (Å²) in [5, 5.41) is 38.1. The predicted molar refractivity (Wildman–Crippen MR) is 130 cm³/mol. The molecule has 0 radical (unpaired) electrons. The zero-order chi connectivity index (χ0) is 25.7. The Labute approximate surface area is 205 Å². The summed E-state index contributed by atoms with van der Waals surface area (Å²) in [4.78, 5) is 24.1. The van der Waals surface area contributed by atoms with Crippen LogP contribution in [-0.4, -0.2) is 37.7 Å². The summed E-state index contributed by atoms with van der Waals surface area (Å²) in [6.45, 7) is 1.71. The number of amides is 1. The number of nitrogens with two attached hydrogens (primary N) is 1. The number of hydrogen-bond donors (Lipinski definition) is 3. The van der Waals surface area contributed by atoms with E-state index in [2.05, 4.69) is 47.0 Å². The lowest BCUT2D eigenvalue weighted by Gasteiger charge is -2.14. The van der Waals surface area contributed by atoms with Crippen LogP contribution >= 0.6 is 0 Å². The fraction of sp³-hybridized carbons (Fsp3) is 0.0870. The highest BCUT2D eigenvalue weighted by molar-refractivity contribution is 5.93. The Bertz CT molecular complexity index is 1540. The lowest BCUT2D eigenvalue weighted by Crippen LogP contribution is -2.10. The third kappa shape index (κ3) is 4.52. The van der Waals surface area contributed by atoms with Gasteiger partial charge in [-0.05, 0) is 37.3 Å². The maximum Gasteiger partial charge on any atom is 0.252 e. The highest BCUT2D eigenvalue weighted by Crippen LogP contribution is 2.36. The molecule has 4 rings (SSSR count). The Kier molecular flexibility index (Phi) is 6.56. The van der Waals surface area contributed by atoms with Crippen LogP contribution in [0, 0.1) is 29.6 Å². The van der Waals surface area contributed by atoms with Crippen LogP contribution in [0.5, 0.6) is 0 Å². The van der Waals surface area contributed by atoms with Crippen LogP contribution in [0.15, 0.2) is 59.2 Å². The molecule has 176 valence electrons. The SMILES string of the molecule is CNc1nc(Nc2ccc(C(N)=O)cc2)c(C#N)c(C)c1/N=N/c1c(C#N)cnn1-c1ncccn1. The van der Waals surface area contributed by atoms with E-state index in [1.807, 2.05) is 6.07 Å². The topological polar surface area (TPSA) is 196 Å². The summed E-state index contributed by atoms with van der Waals surface area (Å²) in [5.74, 6) is 0.425. The van der Waals surface area contributed by atoms with Gasteiger partial charge in [0.25, 0.3) is 5.95 Å². The fourth-order valence-electron chi connectivity index (χ4n) is 3.23. The van der Waals surface area contributed by atoms with E-state index in [0.717, 1.165) is 0 Å². The van der Waals surface area contributed by atoms with Gasteiger partial charge in [-0.25, -0.2) is 15.0 Å². The molecule has 36 heavy (non-hydrogen) atoms. The van der Waals surface area contributed by atoms with Crippen LogP contribution in [0.2, 0.25) is 0 Å². The molecular weight excluding hydrogens is 460 g/mol. The molecule has 0 aliphatic rings. The number of rotatable bonds is 7. The zero-order valence-electron chi connectivity index (χ0n) is 19.1. The molecule has 0 aliphatic heterocycles. The molecule has 4 aromatic rings. The van der Waals surface area contributed by atoms with Crippen molar-refractivity contribution in [2.45, 2.75) is 6.92 Å². The summed E-state index contributed by atoms with van der Waals surface area (Å²) in [6, 6.07) is 12.3. The van der Waals surface area contributed by atoms with Gasteiger partial charge < -0.3 is 16.4 Å². The molecule has 4 N–H and O–H groups in total. The standard InChI is InChI=1S/C23H18N12O/c1-13-17(11-25)20(31-16-6-4-14(5-7-16)19(26)36)32-21(27-2)18(13)33-34-22-15(10-24)12-30-35(22)23-28-8-3-9-29-23/h3-9,12H,1-2H3,(H2,26,36)(H2,27,31,32)/b34-33+. The summed E-state index contributed by atoms with van der Waals surface area (Å²) in [6.07, 6.45) is 4.42. The maximum atomic E-state index is 11.3.